The number of hydrogen-bond acceptors (Lipinski definition) is 4. The molecule has 2 heterocycles. The average molecular weight is 254 g/mol. The maximum absolute atomic E-state index is 5.64. The highest BCUT2D eigenvalue weighted by molar-refractivity contribution is 7.09. The molecule has 1 fully saturated rings. The lowest BCUT2D eigenvalue weighted by atomic mass is 10.2. The van der Waals surface area contributed by atoms with Gasteiger partial charge in [-0.05, 0) is 13.8 Å². The molecule has 0 spiro atoms. The summed E-state index contributed by atoms with van der Waals surface area (Å²) in [6.07, 6.45) is 0.342. The molecule has 1 aromatic rings. The Morgan fingerprint density at radius 3 is 2.94 bits per heavy atom. The summed E-state index contributed by atoms with van der Waals surface area (Å²) in [6.45, 7) is 11.6. The third-order valence-corrected chi connectivity index (χ3v) is 4.36. The van der Waals surface area contributed by atoms with Crippen molar-refractivity contribution in [1.29, 1.82) is 0 Å². The van der Waals surface area contributed by atoms with Crippen molar-refractivity contribution >= 4 is 11.3 Å². The van der Waals surface area contributed by atoms with Gasteiger partial charge in [-0.1, -0.05) is 13.8 Å². The van der Waals surface area contributed by atoms with Gasteiger partial charge in [0, 0.05) is 30.4 Å². The number of morpholine rings is 1. The highest BCUT2D eigenvalue weighted by Gasteiger charge is 2.24. The molecule has 1 aromatic heterocycles. The second kappa shape index (κ2) is 5.46. The largest absolute Gasteiger partial charge is 0.376 e. The zero-order valence-corrected chi connectivity index (χ0v) is 12.0. The predicted octanol–water partition coefficient (Wildman–Crippen LogP) is 2.88. The van der Waals surface area contributed by atoms with Crippen LogP contribution >= 0.6 is 11.3 Å². The van der Waals surface area contributed by atoms with E-state index in [0.29, 0.717) is 18.1 Å². The van der Waals surface area contributed by atoms with Gasteiger partial charge in [-0.2, -0.15) is 0 Å². The summed E-state index contributed by atoms with van der Waals surface area (Å²) in [5, 5.41) is 3.44. The van der Waals surface area contributed by atoms with E-state index in [2.05, 4.69) is 38.0 Å². The minimum Gasteiger partial charge on any atom is -0.376 e. The van der Waals surface area contributed by atoms with Crippen LogP contribution in [0.3, 0.4) is 0 Å². The Kier molecular flexibility index (Phi) is 4.17. The van der Waals surface area contributed by atoms with Crippen LogP contribution < -0.4 is 0 Å². The second-order valence-electron chi connectivity index (χ2n) is 5.25. The maximum Gasteiger partial charge on any atom is 0.0954 e. The normalized spacial score (nSPS) is 26.6. The van der Waals surface area contributed by atoms with Crippen LogP contribution in [0.25, 0.3) is 0 Å². The molecule has 96 valence electrons. The van der Waals surface area contributed by atoms with Crippen molar-refractivity contribution in [2.45, 2.75) is 52.3 Å². The first-order valence-corrected chi connectivity index (χ1v) is 7.24. The molecule has 1 saturated heterocycles. The Morgan fingerprint density at radius 2 is 2.29 bits per heavy atom. The van der Waals surface area contributed by atoms with Gasteiger partial charge in [0.1, 0.15) is 0 Å². The van der Waals surface area contributed by atoms with Crippen molar-refractivity contribution in [3.63, 3.8) is 0 Å². The summed E-state index contributed by atoms with van der Waals surface area (Å²) in [7, 11) is 0. The number of ether oxygens (including phenoxy) is 1. The van der Waals surface area contributed by atoms with Crippen molar-refractivity contribution in [2.75, 3.05) is 13.2 Å². The summed E-state index contributed by atoms with van der Waals surface area (Å²) in [4.78, 5) is 7.16. The third kappa shape index (κ3) is 3.27. The van der Waals surface area contributed by atoms with Crippen molar-refractivity contribution in [1.82, 2.24) is 9.88 Å². The topological polar surface area (TPSA) is 25.4 Å². The molecule has 0 unspecified atom stereocenters. The van der Waals surface area contributed by atoms with Gasteiger partial charge in [0.15, 0.2) is 0 Å². The number of thiazole rings is 1. The van der Waals surface area contributed by atoms with E-state index in [4.69, 9.17) is 9.72 Å². The molecule has 4 heteroatoms. The lowest BCUT2D eigenvalue weighted by molar-refractivity contribution is -0.0530. The van der Waals surface area contributed by atoms with E-state index in [0.717, 1.165) is 19.7 Å². The molecule has 17 heavy (non-hydrogen) atoms. The van der Waals surface area contributed by atoms with Crippen LogP contribution in [0.2, 0.25) is 0 Å². The third-order valence-electron chi connectivity index (χ3n) is 3.17. The molecule has 1 aliphatic heterocycles. The molecular weight excluding hydrogens is 232 g/mol. The number of aromatic nitrogens is 1. The highest BCUT2D eigenvalue weighted by Crippen LogP contribution is 2.21. The molecule has 2 atom stereocenters. The molecule has 0 bridgehead atoms. The summed E-state index contributed by atoms with van der Waals surface area (Å²) >= 11 is 1.78. The molecule has 0 aliphatic carbocycles. The molecule has 0 saturated carbocycles. The van der Waals surface area contributed by atoms with Gasteiger partial charge in [-0.3, -0.25) is 4.90 Å². The molecule has 0 amide bonds. The van der Waals surface area contributed by atoms with Crippen molar-refractivity contribution in [2.24, 2.45) is 0 Å². The Bertz CT molecular complexity index is 364. The molecule has 0 aromatic carbocycles. The van der Waals surface area contributed by atoms with Gasteiger partial charge < -0.3 is 4.74 Å². The van der Waals surface area contributed by atoms with E-state index in [1.165, 1.54) is 10.7 Å². The van der Waals surface area contributed by atoms with Crippen LogP contribution in [-0.4, -0.2) is 35.2 Å². The zero-order valence-electron chi connectivity index (χ0n) is 11.1. The van der Waals surface area contributed by atoms with Gasteiger partial charge >= 0.3 is 0 Å². The van der Waals surface area contributed by atoms with Crippen LogP contribution in [0.15, 0.2) is 5.38 Å². The van der Waals surface area contributed by atoms with Gasteiger partial charge in [0.25, 0.3) is 0 Å². The fourth-order valence-corrected chi connectivity index (χ4v) is 2.89. The smallest absolute Gasteiger partial charge is 0.0954 e. The molecule has 2 rings (SSSR count). The predicted molar refractivity (Wildman–Crippen MR) is 71.5 cm³/mol. The minimum absolute atomic E-state index is 0.342. The van der Waals surface area contributed by atoms with E-state index < -0.39 is 0 Å². The molecular formula is C13H22N2OS. The van der Waals surface area contributed by atoms with Crippen molar-refractivity contribution < 1.29 is 4.74 Å². The van der Waals surface area contributed by atoms with Crippen LogP contribution in [0, 0.1) is 0 Å². The molecule has 0 N–H and O–H groups in total. The SMILES string of the molecule is CC(C)c1nc(CN2C[C@H](C)OC[C@@H]2C)cs1. The number of nitrogens with zero attached hydrogens (tertiary/aromatic N) is 2. The van der Waals surface area contributed by atoms with E-state index in [1.807, 2.05) is 0 Å². The van der Waals surface area contributed by atoms with Crippen LogP contribution in [0.4, 0.5) is 0 Å². The Balaban J connectivity index is 1.98. The first kappa shape index (κ1) is 13.0. The summed E-state index contributed by atoms with van der Waals surface area (Å²) < 4.78 is 5.64. The van der Waals surface area contributed by atoms with Crippen LogP contribution in [-0.2, 0) is 11.3 Å². The Morgan fingerprint density at radius 1 is 1.53 bits per heavy atom. The zero-order chi connectivity index (χ0) is 12.4. The van der Waals surface area contributed by atoms with Crippen molar-refractivity contribution in [3.8, 4) is 0 Å². The summed E-state index contributed by atoms with van der Waals surface area (Å²) in [5.74, 6) is 0.537. The van der Waals surface area contributed by atoms with Gasteiger partial charge in [0.05, 0.1) is 23.4 Å². The Hall–Kier alpha value is -0.450. The first-order chi connectivity index (χ1) is 8.06. The van der Waals surface area contributed by atoms with E-state index in [-0.39, 0.29) is 0 Å². The monoisotopic (exact) mass is 254 g/mol. The quantitative estimate of drug-likeness (QED) is 0.829. The maximum atomic E-state index is 5.64. The fourth-order valence-electron chi connectivity index (χ4n) is 2.06. The highest BCUT2D eigenvalue weighted by atomic mass is 32.1. The molecule has 1 aliphatic rings. The number of hydrogen-bond donors (Lipinski definition) is 0. The van der Waals surface area contributed by atoms with E-state index in [9.17, 15) is 0 Å². The van der Waals surface area contributed by atoms with E-state index >= 15 is 0 Å². The van der Waals surface area contributed by atoms with Gasteiger partial charge in [-0.25, -0.2) is 4.98 Å². The van der Waals surface area contributed by atoms with Gasteiger partial charge in [0.2, 0.25) is 0 Å². The molecule has 3 nitrogen and oxygen atoms in total. The first-order valence-electron chi connectivity index (χ1n) is 6.36. The average Bonchev–Trinajstić information content (AvgIpc) is 2.72. The fraction of sp³-hybridized carbons (Fsp3) is 0.769. The van der Waals surface area contributed by atoms with Gasteiger partial charge in [-0.15, -0.1) is 11.3 Å². The number of rotatable bonds is 3. The summed E-state index contributed by atoms with van der Waals surface area (Å²) in [5.41, 5.74) is 1.21. The minimum atomic E-state index is 0.342. The van der Waals surface area contributed by atoms with Crippen LogP contribution in [0.5, 0.6) is 0 Å². The second-order valence-corrected chi connectivity index (χ2v) is 6.14. The summed E-state index contributed by atoms with van der Waals surface area (Å²) in [6, 6.07) is 0.496. The Labute approximate surface area is 108 Å². The van der Waals surface area contributed by atoms with Crippen molar-refractivity contribution in [3.05, 3.63) is 16.1 Å². The lowest BCUT2D eigenvalue weighted by Gasteiger charge is -2.36. The lowest BCUT2D eigenvalue weighted by Crippen LogP contribution is -2.46. The van der Waals surface area contributed by atoms with Crippen LogP contribution in [0.1, 0.15) is 44.3 Å². The standard InChI is InChI=1S/C13H22N2OS/c1-9(2)13-14-12(8-17-13)6-15-5-11(4)16-7-10(15)3/h8-11H,5-7H2,1-4H3/t10-,11-/m0/s1. The van der Waals surface area contributed by atoms with E-state index in [1.54, 1.807) is 11.3 Å². The molecule has 0 radical (unpaired) electrons.